The Balaban J connectivity index is 1.75. The van der Waals surface area contributed by atoms with Gasteiger partial charge in [0.15, 0.2) is 0 Å². The summed E-state index contributed by atoms with van der Waals surface area (Å²) in [6.45, 7) is 3.99. The molecule has 2 aromatic carbocycles. The second-order valence-corrected chi connectivity index (χ2v) is 9.98. The minimum Gasteiger partial charge on any atom is -0.487 e. The van der Waals surface area contributed by atoms with Crippen LogP contribution in [0.5, 0.6) is 5.75 Å². The third-order valence-electron chi connectivity index (χ3n) is 4.25. The SMILES string of the molecule is CCOC(=O)CN1C(=O)S/C(=C\c2cc(I)c(OCc3cccc(C)c3)c(I)c2)C1=O. The van der Waals surface area contributed by atoms with Gasteiger partial charge in [-0.1, -0.05) is 29.8 Å². The number of imide groups is 1. The van der Waals surface area contributed by atoms with Crippen molar-refractivity contribution in [2.24, 2.45) is 0 Å². The third-order valence-corrected chi connectivity index (χ3v) is 6.76. The molecule has 1 aliphatic heterocycles. The number of hydrogen-bond donors (Lipinski definition) is 0. The zero-order chi connectivity index (χ0) is 22.5. The summed E-state index contributed by atoms with van der Waals surface area (Å²) >= 11 is 5.21. The summed E-state index contributed by atoms with van der Waals surface area (Å²) in [5, 5.41) is -0.480. The lowest BCUT2D eigenvalue weighted by Gasteiger charge is -2.12. The van der Waals surface area contributed by atoms with E-state index in [-0.39, 0.29) is 18.1 Å². The molecule has 1 aliphatic rings. The maximum Gasteiger partial charge on any atom is 0.326 e. The highest BCUT2D eigenvalue weighted by Gasteiger charge is 2.36. The number of aryl methyl sites for hydroxylation is 1. The van der Waals surface area contributed by atoms with Crippen molar-refractivity contribution in [3.05, 3.63) is 65.1 Å². The van der Waals surface area contributed by atoms with Crippen LogP contribution < -0.4 is 4.74 Å². The number of esters is 1. The molecule has 0 unspecified atom stereocenters. The standard InChI is InChI=1S/C22H19I2NO5S/c1-3-29-19(26)11-25-21(27)18(31-22(25)28)10-15-8-16(23)20(17(24)9-15)30-12-14-6-4-5-13(2)7-14/h4-10H,3,11-12H2,1-2H3/b18-10-. The van der Waals surface area contributed by atoms with Crippen molar-refractivity contribution < 1.29 is 23.9 Å². The van der Waals surface area contributed by atoms with Gasteiger partial charge >= 0.3 is 5.97 Å². The number of carbonyl (C=O) groups is 3. The van der Waals surface area contributed by atoms with Crippen molar-refractivity contribution in [1.82, 2.24) is 4.90 Å². The van der Waals surface area contributed by atoms with Crippen LogP contribution >= 0.6 is 56.9 Å². The molecule has 3 rings (SSSR count). The Kier molecular flexibility index (Phi) is 8.39. The summed E-state index contributed by atoms with van der Waals surface area (Å²) in [5.41, 5.74) is 3.04. The highest BCUT2D eigenvalue weighted by molar-refractivity contribution is 14.1. The Hall–Kier alpha value is -1.60. The van der Waals surface area contributed by atoms with Crippen molar-refractivity contribution >= 4 is 80.1 Å². The molecule has 162 valence electrons. The van der Waals surface area contributed by atoms with Crippen molar-refractivity contribution in [2.45, 2.75) is 20.5 Å². The van der Waals surface area contributed by atoms with Gasteiger partial charge in [0, 0.05) is 0 Å². The summed E-state index contributed by atoms with van der Waals surface area (Å²) < 4.78 is 12.7. The van der Waals surface area contributed by atoms with E-state index in [2.05, 4.69) is 51.2 Å². The van der Waals surface area contributed by atoms with Crippen molar-refractivity contribution in [2.75, 3.05) is 13.2 Å². The Morgan fingerprint density at radius 2 is 1.87 bits per heavy atom. The Labute approximate surface area is 212 Å². The van der Waals surface area contributed by atoms with E-state index in [4.69, 9.17) is 9.47 Å². The number of benzene rings is 2. The second kappa shape index (κ2) is 10.8. The molecule has 0 N–H and O–H groups in total. The normalized spacial score (nSPS) is 15.0. The Morgan fingerprint density at radius 3 is 2.52 bits per heavy atom. The van der Waals surface area contributed by atoms with E-state index in [1.54, 1.807) is 13.0 Å². The van der Waals surface area contributed by atoms with Crippen LogP contribution in [0.1, 0.15) is 23.6 Å². The molecule has 6 nitrogen and oxygen atoms in total. The molecular weight excluding hydrogens is 644 g/mol. The van der Waals surface area contributed by atoms with Gasteiger partial charge in [0.2, 0.25) is 0 Å². The predicted molar refractivity (Wildman–Crippen MR) is 137 cm³/mol. The van der Waals surface area contributed by atoms with Crippen LogP contribution in [0, 0.1) is 14.1 Å². The number of halogens is 2. The molecule has 2 aromatic rings. The first kappa shape index (κ1) is 24.1. The smallest absolute Gasteiger partial charge is 0.326 e. The zero-order valence-corrected chi connectivity index (χ0v) is 21.9. The number of ether oxygens (including phenoxy) is 2. The van der Waals surface area contributed by atoms with E-state index in [0.29, 0.717) is 6.61 Å². The molecule has 9 heteroatoms. The van der Waals surface area contributed by atoms with E-state index in [1.165, 1.54) is 5.56 Å². The Morgan fingerprint density at radius 1 is 1.16 bits per heavy atom. The van der Waals surface area contributed by atoms with E-state index in [0.717, 1.165) is 40.7 Å². The summed E-state index contributed by atoms with van der Waals surface area (Å²) in [6.07, 6.45) is 1.66. The lowest BCUT2D eigenvalue weighted by atomic mass is 10.1. The van der Waals surface area contributed by atoms with Crippen LogP contribution in [-0.2, 0) is 20.9 Å². The zero-order valence-electron chi connectivity index (χ0n) is 16.8. The van der Waals surface area contributed by atoms with Crippen molar-refractivity contribution in [3.63, 3.8) is 0 Å². The molecule has 0 radical (unpaired) electrons. The summed E-state index contributed by atoms with van der Waals surface area (Å²) in [4.78, 5) is 37.5. The number of thioether (sulfide) groups is 1. The average Bonchev–Trinajstić information content (AvgIpc) is 2.95. The maximum absolute atomic E-state index is 12.6. The molecule has 1 heterocycles. The van der Waals surface area contributed by atoms with Crippen LogP contribution in [-0.4, -0.2) is 35.2 Å². The molecule has 31 heavy (non-hydrogen) atoms. The Bertz CT molecular complexity index is 1050. The minimum atomic E-state index is -0.606. The molecule has 0 spiro atoms. The molecule has 1 fully saturated rings. The molecule has 0 aliphatic carbocycles. The average molecular weight is 663 g/mol. The summed E-state index contributed by atoms with van der Waals surface area (Å²) in [6, 6.07) is 11.9. The number of rotatable bonds is 7. The molecule has 1 saturated heterocycles. The van der Waals surface area contributed by atoms with E-state index >= 15 is 0 Å². The fraction of sp³-hybridized carbons (Fsp3) is 0.227. The van der Waals surface area contributed by atoms with E-state index in [9.17, 15) is 14.4 Å². The summed E-state index contributed by atoms with van der Waals surface area (Å²) in [5.74, 6) is -0.326. The molecule has 0 atom stereocenters. The lowest BCUT2D eigenvalue weighted by Crippen LogP contribution is -2.34. The second-order valence-electron chi connectivity index (χ2n) is 6.66. The van der Waals surface area contributed by atoms with Crippen LogP contribution in [0.4, 0.5) is 4.79 Å². The van der Waals surface area contributed by atoms with Gasteiger partial charge in [0.1, 0.15) is 18.9 Å². The number of amides is 2. The summed E-state index contributed by atoms with van der Waals surface area (Å²) in [7, 11) is 0. The predicted octanol–water partition coefficient (Wildman–Crippen LogP) is 5.38. The van der Waals surface area contributed by atoms with Gasteiger partial charge < -0.3 is 9.47 Å². The topological polar surface area (TPSA) is 72.9 Å². The van der Waals surface area contributed by atoms with Gasteiger partial charge in [-0.25, -0.2) is 0 Å². The van der Waals surface area contributed by atoms with Gasteiger partial charge in [-0.15, -0.1) is 0 Å². The van der Waals surface area contributed by atoms with Gasteiger partial charge in [-0.2, -0.15) is 0 Å². The van der Waals surface area contributed by atoms with Gasteiger partial charge in [-0.3, -0.25) is 19.3 Å². The first-order chi connectivity index (χ1) is 14.8. The van der Waals surface area contributed by atoms with Gasteiger partial charge in [-0.05, 0) is 100 Å². The first-order valence-electron chi connectivity index (χ1n) is 9.37. The van der Waals surface area contributed by atoms with E-state index < -0.39 is 17.1 Å². The fourth-order valence-electron chi connectivity index (χ4n) is 2.88. The molecule has 0 bridgehead atoms. The quantitative estimate of drug-likeness (QED) is 0.225. The fourth-order valence-corrected chi connectivity index (χ4v) is 5.85. The number of nitrogens with zero attached hydrogens (tertiary/aromatic N) is 1. The van der Waals surface area contributed by atoms with Gasteiger partial charge in [0.25, 0.3) is 11.1 Å². The molecule has 0 saturated carbocycles. The van der Waals surface area contributed by atoms with Crippen LogP contribution in [0.2, 0.25) is 0 Å². The van der Waals surface area contributed by atoms with Crippen molar-refractivity contribution in [3.8, 4) is 5.75 Å². The van der Waals surface area contributed by atoms with Crippen LogP contribution in [0.15, 0.2) is 41.3 Å². The highest BCUT2D eigenvalue weighted by atomic mass is 127. The largest absolute Gasteiger partial charge is 0.487 e. The molecule has 2 amide bonds. The molecule has 0 aromatic heterocycles. The lowest BCUT2D eigenvalue weighted by molar-refractivity contribution is -0.145. The van der Waals surface area contributed by atoms with Crippen LogP contribution in [0.25, 0.3) is 6.08 Å². The number of carbonyl (C=O) groups excluding carboxylic acids is 3. The van der Waals surface area contributed by atoms with Crippen LogP contribution in [0.3, 0.4) is 0 Å². The highest BCUT2D eigenvalue weighted by Crippen LogP contribution is 2.35. The van der Waals surface area contributed by atoms with Gasteiger partial charge in [0.05, 0.1) is 18.7 Å². The third kappa shape index (κ3) is 6.22. The first-order valence-corrected chi connectivity index (χ1v) is 12.3. The molecular formula is C22H19I2NO5S. The monoisotopic (exact) mass is 663 g/mol. The number of hydrogen-bond acceptors (Lipinski definition) is 6. The maximum atomic E-state index is 12.6. The minimum absolute atomic E-state index is 0.195. The van der Waals surface area contributed by atoms with E-state index in [1.807, 2.05) is 37.3 Å². The van der Waals surface area contributed by atoms with Crippen molar-refractivity contribution in [1.29, 1.82) is 0 Å².